The van der Waals surface area contributed by atoms with E-state index in [2.05, 4.69) is 5.32 Å². The Bertz CT molecular complexity index is 768. The maximum absolute atomic E-state index is 12.2. The number of hydrogen-bond acceptors (Lipinski definition) is 6. The van der Waals surface area contributed by atoms with Crippen molar-refractivity contribution in [3.05, 3.63) is 42.4 Å². The van der Waals surface area contributed by atoms with Gasteiger partial charge in [-0.25, -0.2) is 0 Å². The zero-order chi connectivity index (χ0) is 18.5. The van der Waals surface area contributed by atoms with E-state index in [1.54, 1.807) is 42.3 Å². The molecule has 26 heavy (non-hydrogen) atoms. The second-order valence-corrected chi connectivity index (χ2v) is 6.05. The number of amides is 2. The van der Waals surface area contributed by atoms with Crippen LogP contribution in [0.2, 0.25) is 0 Å². The Labute approximate surface area is 151 Å². The van der Waals surface area contributed by atoms with Crippen LogP contribution < -0.4 is 15.8 Å². The highest BCUT2D eigenvalue weighted by atomic mass is 16.5. The molecular weight excluding hydrogens is 336 g/mol. The minimum absolute atomic E-state index is 0.118. The van der Waals surface area contributed by atoms with Gasteiger partial charge in [0.15, 0.2) is 5.76 Å². The number of piperazine rings is 1. The molecule has 3 rings (SSSR count). The van der Waals surface area contributed by atoms with Gasteiger partial charge in [0.1, 0.15) is 5.75 Å². The van der Waals surface area contributed by atoms with E-state index >= 15 is 0 Å². The van der Waals surface area contributed by atoms with Gasteiger partial charge in [0.25, 0.3) is 5.91 Å². The van der Waals surface area contributed by atoms with Gasteiger partial charge in [-0.15, -0.1) is 0 Å². The Hall–Kier alpha value is -3.00. The maximum atomic E-state index is 12.2. The molecule has 138 valence electrons. The molecule has 8 heteroatoms. The summed E-state index contributed by atoms with van der Waals surface area (Å²) in [5.74, 6) is 0.668. The van der Waals surface area contributed by atoms with Gasteiger partial charge in [-0.3, -0.25) is 14.5 Å². The lowest BCUT2D eigenvalue weighted by molar-refractivity contribution is -0.117. The van der Waals surface area contributed by atoms with Crippen LogP contribution in [0.15, 0.2) is 41.0 Å². The summed E-state index contributed by atoms with van der Waals surface area (Å²) in [4.78, 5) is 28.2. The molecule has 0 spiro atoms. The van der Waals surface area contributed by atoms with Crippen LogP contribution in [0.1, 0.15) is 10.6 Å². The molecule has 1 saturated heterocycles. The van der Waals surface area contributed by atoms with Crippen molar-refractivity contribution in [2.24, 2.45) is 0 Å². The van der Waals surface area contributed by atoms with Crippen molar-refractivity contribution in [3.63, 3.8) is 0 Å². The second-order valence-electron chi connectivity index (χ2n) is 6.05. The number of carbonyl (C=O) groups excluding carboxylic acids is 2. The van der Waals surface area contributed by atoms with E-state index in [-0.39, 0.29) is 18.4 Å². The van der Waals surface area contributed by atoms with Crippen LogP contribution in [0.4, 0.5) is 11.4 Å². The van der Waals surface area contributed by atoms with Gasteiger partial charge >= 0.3 is 0 Å². The third-order valence-corrected chi connectivity index (χ3v) is 4.27. The molecule has 0 bridgehead atoms. The third kappa shape index (κ3) is 4.15. The first-order chi connectivity index (χ1) is 12.6. The van der Waals surface area contributed by atoms with Gasteiger partial charge in [-0.2, -0.15) is 0 Å². The summed E-state index contributed by atoms with van der Waals surface area (Å²) < 4.78 is 10.2. The molecule has 2 heterocycles. The van der Waals surface area contributed by atoms with Crippen molar-refractivity contribution in [2.45, 2.75) is 0 Å². The van der Waals surface area contributed by atoms with E-state index in [0.29, 0.717) is 49.1 Å². The molecule has 0 saturated carbocycles. The summed E-state index contributed by atoms with van der Waals surface area (Å²) in [6, 6.07) is 8.47. The smallest absolute Gasteiger partial charge is 0.289 e. The number of nitrogens with zero attached hydrogens (tertiary/aromatic N) is 2. The number of nitrogen functional groups attached to an aromatic ring is 1. The Morgan fingerprint density at radius 3 is 2.62 bits per heavy atom. The topological polar surface area (TPSA) is 101 Å². The fourth-order valence-corrected chi connectivity index (χ4v) is 2.88. The number of methoxy groups -OCH3 is 1. The van der Waals surface area contributed by atoms with E-state index in [1.807, 2.05) is 4.90 Å². The first-order valence-electron chi connectivity index (χ1n) is 8.35. The van der Waals surface area contributed by atoms with Crippen LogP contribution in [0.3, 0.4) is 0 Å². The fraction of sp³-hybridized carbons (Fsp3) is 0.333. The van der Waals surface area contributed by atoms with Gasteiger partial charge in [0.2, 0.25) is 5.91 Å². The van der Waals surface area contributed by atoms with E-state index in [9.17, 15) is 9.59 Å². The summed E-state index contributed by atoms with van der Waals surface area (Å²) in [5.41, 5.74) is 6.94. The molecule has 8 nitrogen and oxygen atoms in total. The monoisotopic (exact) mass is 358 g/mol. The number of anilines is 2. The van der Waals surface area contributed by atoms with Crippen LogP contribution in [0.5, 0.6) is 5.75 Å². The molecule has 3 N–H and O–H groups in total. The summed E-state index contributed by atoms with van der Waals surface area (Å²) in [6.07, 6.45) is 1.49. The molecule has 0 radical (unpaired) electrons. The van der Waals surface area contributed by atoms with E-state index in [0.717, 1.165) is 0 Å². The first-order valence-corrected chi connectivity index (χ1v) is 8.35. The van der Waals surface area contributed by atoms with E-state index in [4.69, 9.17) is 14.9 Å². The highest BCUT2D eigenvalue weighted by Gasteiger charge is 2.24. The van der Waals surface area contributed by atoms with Gasteiger partial charge < -0.3 is 25.1 Å². The molecule has 1 fully saturated rings. The van der Waals surface area contributed by atoms with Gasteiger partial charge in [-0.05, 0) is 30.3 Å². The average Bonchev–Trinajstić information content (AvgIpc) is 3.16. The number of nitrogens with two attached hydrogens (primary N) is 1. The minimum atomic E-state index is -0.125. The molecule has 0 unspecified atom stereocenters. The van der Waals surface area contributed by atoms with Crippen LogP contribution in [-0.2, 0) is 4.79 Å². The SMILES string of the molecule is COc1ccc(NC(=O)CN2CCN(C(=O)c3ccco3)CC2)cc1N. The summed E-state index contributed by atoms with van der Waals surface area (Å²) in [7, 11) is 1.54. The molecule has 2 aromatic rings. The Kier molecular flexibility index (Phi) is 5.43. The van der Waals surface area contributed by atoms with Crippen LogP contribution in [0.25, 0.3) is 0 Å². The number of ether oxygens (including phenoxy) is 1. The van der Waals surface area contributed by atoms with Crippen molar-refractivity contribution in [2.75, 3.05) is 50.9 Å². The highest BCUT2D eigenvalue weighted by Crippen LogP contribution is 2.24. The van der Waals surface area contributed by atoms with E-state index in [1.165, 1.54) is 6.26 Å². The standard InChI is InChI=1S/C18H22N4O4/c1-25-15-5-4-13(11-14(15)19)20-17(23)12-21-6-8-22(9-7-21)18(24)16-3-2-10-26-16/h2-5,10-11H,6-9,12,19H2,1H3,(H,20,23). The lowest BCUT2D eigenvalue weighted by atomic mass is 10.2. The zero-order valence-corrected chi connectivity index (χ0v) is 14.6. The van der Waals surface area contributed by atoms with Gasteiger partial charge in [0.05, 0.1) is 25.6 Å². The lowest BCUT2D eigenvalue weighted by Gasteiger charge is -2.33. The molecule has 1 aromatic heterocycles. The summed E-state index contributed by atoms with van der Waals surface area (Å²) in [5, 5.41) is 2.83. The molecule has 2 amide bonds. The Morgan fingerprint density at radius 1 is 1.23 bits per heavy atom. The average molecular weight is 358 g/mol. The Morgan fingerprint density at radius 2 is 2.00 bits per heavy atom. The third-order valence-electron chi connectivity index (χ3n) is 4.27. The fourth-order valence-electron chi connectivity index (χ4n) is 2.88. The number of carbonyl (C=O) groups is 2. The molecule has 0 atom stereocenters. The van der Waals surface area contributed by atoms with Crippen molar-refractivity contribution < 1.29 is 18.7 Å². The normalized spacial score (nSPS) is 14.9. The van der Waals surface area contributed by atoms with Crippen LogP contribution in [-0.4, -0.2) is 61.4 Å². The number of benzene rings is 1. The zero-order valence-electron chi connectivity index (χ0n) is 14.6. The van der Waals surface area contributed by atoms with Crippen molar-refractivity contribution in [3.8, 4) is 5.75 Å². The van der Waals surface area contributed by atoms with Crippen LogP contribution >= 0.6 is 0 Å². The number of hydrogen-bond donors (Lipinski definition) is 2. The molecule has 0 aliphatic carbocycles. The largest absolute Gasteiger partial charge is 0.495 e. The van der Waals surface area contributed by atoms with Crippen molar-refractivity contribution in [1.82, 2.24) is 9.80 Å². The lowest BCUT2D eigenvalue weighted by Crippen LogP contribution is -2.50. The molecular formula is C18H22N4O4. The summed E-state index contributed by atoms with van der Waals surface area (Å²) >= 11 is 0. The van der Waals surface area contributed by atoms with Gasteiger partial charge in [0, 0.05) is 31.9 Å². The predicted octanol–water partition coefficient (Wildman–Crippen LogP) is 1.27. The number of nitrogens with one attached hydrogen (secondary N) is 1. The first kappa shape index (κ1) is 17.8. The quantitative estimate of drug-likeness (QED) is 0.781. The van der Waals surface area contributed by atoms with Crippen LogP contribution in [0, 0.1) is 0 Å². The van der Waals surface area contributed by atoms with Gasteiger partial charge in [-0.1, -0.05) is 0 Å². The minimum Gasteiger partial charge on any atom is -0.495 e. The molecule has 1 aromatic carbocycles. The summed E-state index contributed by atoms with van der Waals surface area (Å²) in [6.45, 7) is 2.63. The van der Waals surface area contributed by atoms with Crippen molar-refractivity contribution in [1.29, 1.82) is 0 Å². The second kappa shape index (κ2) is 7.92. The molecule has 1 aliphatic rings. The number of rotatable bonds is 5. The highest BCUT2D eigenvalue weighted by molar-refractivity contribution is 5.93. The molecule has 1 aliphatic heterocycles. The van der Waals surface area contributed by atoms with E-state index < -0.39 is 0 Å². The van der Waals surface area contributed by atoms with Crippen molar-refractivity contribution >= 4 is 23.2 Å². The Balaban J connectivity index is 1.47. The maximum Gasteiger partial charge on any atom is 0.289 e. The number of furan rings is 1. The predicted molar refractivity (Wildman–Crippen MR) is 97.1 cm³/mol.